The van der Waals surface area contributed by atoms with Crippen molar-refractivity contribution in [2.45, 2.75) is 28.9 Å². The van der Waals surface area contributed by atoms with E-state index in [0.717, 1.165) is 18.7 Å². The molecule has 33 heavy (non-hydrogen) atoms. The Morgan fingerprint density at radius 3 is 2.24 bits per heavy atom. The van der Waals surface area contributed by atoms with Gasteiger partial charge in [-0.05, 0) is 35.4 Å². The molecule has 0 unspecified atom stereocenters. The number of aromatic hydroxyl groups is 1. The van der Waals surface area contributed by atoms with Gasteiger partial charge in [-0.1, -0.05) is 54.6 Å². The molecule has 172 valence electrons. The molecule has 0 bridgehead atoms. The van der Waals surface area contributed by atoms with Crippen LogP contribution in [0.4, 0.5) is 4.79 Å². The van der Waals surface area contributed by atoms with Crippen LogP contribution in [0.5, 0.6) is 5.75 Å². The lowest BCUT2D eigenvalue weighted by atomic mass is 10.1. The van der Waals surface area contributed by atoms with Crippen molar-refractivity contribution in [3.63, 3.8) is 0 Å². The van der Waals surface area contributed by atoms with Crippen molar-refractivity contribution in [3.05, 3.63) is 90.0 Å². The number of ether oxygens (including phenoxy) is 2. The van der Waals surface area contributed by atoms with Crippen molar-refractivity contribution in [2.24, 2.45) is 0 Å². The Morgan fingerprint density at radius 2 is 1.61 bits per heavy atom. The highest BCUT2D eigenvalue weighted by Crippen LogP contribution is 2.28. The number of methoxy groups -OCH3 is 1. The Morgan fingerprint density at radius 1 is 0.970 bits per heavy atom. The van der Waals surface area contributed by atoms with Crippen LogP contribution in [0, 0.1) is 0 Å². The number of alkyl carbamates (subject to hydrolysis) is 1. The van der Waals surface area contributed by atoms with Gasteiger partial charge in [0, 0.05) is 6.42 Å². The number of carbonyl (C=O) groups excluding carboxylic acids is 2. The van der Waals surface area contributed by atoms with E-state index in [9.17, 15) is 23.1 Å². The highest BCUT2D eigenvalue weighted by atomic mass is 32.2. The number of hydrogen-bond acceptors (Lipinski definition) is 7. The van der Waals surface area contributed by atoms with Crippen LogP contribution in [0.2, 0.25) is 0 Å². The van der Waals surface area contributed by atoms with Crippen molar-refractivity contribution >= 4 is 21.9 Å². The van der Waals surface area contributed by atoms with Crippen LogP contribution in [0.25, 0.3) is 0 Å². The largest absolute Gasteiger partial charge is 0.508 e. The Kier molecular flexibility index (Phi) is 7.68. The van der Waals surface area contributed by atoms with Crippen LogP contribution in [0.15, 0.2) is 88.7 Å². The van der Waals surface area contributed by atoms with Gasteiger partial charge in [-0.15, -0.1) is 0 Å². The van der Waals surface area contributed by atoms with Crippen molar-refractivity contribution in [1.82, 2.24) is 5.32 Å². The Balaban J connectivity index is 1.83. The number of benzene rings is 3. The second-order valence-corrected chi connectivity index (χ2v) is 9.01. The van der Waals surface area contributed by atoms with Gasteiger partial charge < -0.3 is 19.9 Å². The maximum absolute atomic E-state index is 13.2. The van der Waals surface area contributed by atoms with Gasteiger partial charge in [-0.25, -0.2) is 18.0 Å². The smallest absolute Gasteiger partial charge is 0.408 e. The van der Waals surface area contributed by atoms with Crippen molar-refractivity contribution in [2.75, 3.05) is 7.11 Å². The average Bonchev–Trinajstić information content (AvgIpc) is 2.84. The number of carbonyl (C=O) groups is 2. The summed E-state index contributed by atoms with van der Waals surface area (Å²) < 4.78 is 36.3. The molecule has 0 aromatic heterocycles. The molecule has 1 atom stereocenters. The summed E-state index contributed by atoms with van der Waals surface area (Å²) in [5.74, 6) is -1.03. The molecule has 0 heterocycles. The molecule has 0 aliphatic carbocycles. The first-order chi connectivity index (χ1) is 15.8. The number of phenols is 1. The number of nitrogens with one attached hydrogen (secondary N) is 1. The van der Waals surface area contributed by atoms with Gasteiger partial charge in [0.25, 0.3) is 0 Å². The van der Waals surface area contributed by atoms with E-state index in [1.807, 2.05) is 6.07 Å². The van der Waals surface area contributed by atoms with E-state index in [2.05, 4.69) is 5.32 Å². The second kappa shape index (κ2) is 10.6. The quantitative estimate of drug-likeness (QED) is 0.486. The highest BCUT2D eigenvalue weighted by molar-refractivity contribution is 7.91. The molecular weight excluding hydrogens is 446 g/mol. The molecule has 9 heteroatoms. The number of rotatable bonds is 8. The summed E-state index contributed by atoms with van der Waals surface area (Å²) >= 11 is 0. The number of phenolic OH excluding ortho intramolecular Hbond substituents is 1. The fourth-order valence-electron chi connectivity index (χ4n) is 3.15. The first-order valence-electron chi connectivity index (χ1n) is 9.98. The Labute approximate surface area is 191 Å². The highest BCUT2D eigenvalue weighted by Gasteiger charge is 2.28. The summed E-state index contributed by atoms with van der Waals surface area (Å²) in [5, 5.41) is 12.3. The molecular formula is C24H23NO7S. The first kappa shape index (κ1) is 23.8. The van der Waals surface area contributed by atoms with Crippen LogP contribution in [0.1, 0.15) is 11.1 Å². The molecule has 2 N–H and O–H groups in total. The van der Waals surface area contributed by atoms with Gasteiger partial charge in [-0.3, -0.25) is 0 Å². The van der Waals surface area contributed by atoms with E-state index < -0.39 is 27.9 Å². The zero-order chi connectivity index (χ0) is 23.8. The number of hydrogen-bond donors (Lipinski definition) is 2. The summed E-state index contributed by atoms with van der Waals surface area (Å²) in [6.07, 6.45) is -1.06. The topological polar surface area (TPSA) is 119 Å². The predicted molar refractivity (Wildman–Crippen MR) is 119 cm³/mol. The summed E-state index contributed by atoms with van der Waals surface area (Å²) in [5.41, 5.74) is 0.979. The molecule has 0 saturated carbocycles. The number of esters is 1. The SMILES string of the molecule is COC(=O)[C@H](Cc1ccc(O)cc1S(=O)(=O)c1ccccc1)NC(=O)OCc1ccccc1. The molecule has 3 aromatic rings. The Bertz CT molecular complexity index is 1210. The summed E-state index contributed by atoms with van der Waals surface area (Å²) in [6, 6.07) is 19.3. The van der Waals surface area contributed by atoms with E-state index in [0.29, 0.717) is 0 Å². The minimum atomic E-state index is -4.00. The van der Waals surface area contributed by atoms with Crippen molar-refractivity contribution in [3.8, 4) is 5.75 Å². The maximum atomic E-state index is 13.2. The van der Waals surface area contributed by atoms with Gasteiger partial charge in [0.1, 0.15) is 18.4 Å². The molecule has 0 aliphatic rings. The minimum Gasteiger partial charge on any atom is -0.508 e. The molecule has 3 rings (SSSR count). The predicted octanol–water partition coefficient (Wildman–Crippen LogP) is 3.24. The molecule has 0 spiro atoms. The van der Waals surface area contributed by atoms with Crippen LogP contribution in [0.3, 0.4) is 0 Å². The fourth-order valence-corrected chi connectivity index (χ4v) is 4.69. The molecule has 1 amide bonds. The van der Waals surface area contributed by atoms with E-state index in [-0.39, 0.29) is 34.1 Å². The molecule has 0 saturated heterocycles. The third kappa shape index (κ3) is 6.11. The zero-order valence-corrected chi connectivity index (χ0v) is 18.6. The monoisotopic (exact) mass is 469 g/mol. The van der Waals surface area contributed by atoms with Gasteiger partial charge in [0.15, 0.2) is 0 Å². The van der Waals surface area contributed by atoms with Crippen molar-refractivity contribution < 1.29 is 32.6 Å². The molecule has 3 aromatic carbocycles. The Hall–Kier alpha value is -3.85. The number of amides is 1. The van der Waals surface area contributed by atoms with Crippen LogP contribution < -0.4 is 5.32 Å². The van der Waals surface area contributed by atoms with Crippen LogP contribution >= 0.6 is 0 Å². The van der Waals surface area contributed by atoms with Gasteiger partial charge in [-0.2, -0.15) is 0 Å². The average molecular weight is 470 g/mol. The fraction of sp³-hybridized carbons (Fsp3) is 0.167. The van der Waals surface area contributed by atoms with E-state index in [1.165, 1.54) is 24.3 Å². The molecule has 0 aliphatic heterocycles. The summed E-state index contributed by atoms with van der Waals surface area (Å²) in [6.45, 7) is -0.00654. The summed E-state index contributed by atoms with van der Waals surface area (Å²) in [4.78, 5) is 24.5. The first-order valence-corrected chi connectivity index (χ1v) is 11.5. The molecule has 0 radical (unpaired) electrons. The number of sulfone groups is 1. The lowest BCUT2D eigenvalue weighted by molar-refractivity contribution is -0.143. The summed E-state index contributed by atoms with van der Waals surface area (Å²) in [7, 11) is -2.84. The van der Waals surface area contributed by atoms with Gasteiger partial charge >= 0.3 is 12.1 Å². The van der Waals surface area contributed by atoms with E-state index in [1.54, 1.807) is 42.5 Å². The standard InChI is InChI=1S/C24H23NO7S/c1-31-23(27)21(25-24(28)32-16-17-8-4-2-5-9-17)14-18-12-13-19(26)15-22(18)33(29,30)20-10-6-3-7-11-20/h2-13,15,21,26H,14,16H2,1H3,(H,25,28)/t21-/m0/s1. The van der Waals surface area contributed by atoms with E-state index in [4.69, 9.17) is 9.47 Å². The third-order valence-electron chi connectivity index (χ3n) is 4.81. The normalized spacial score (nSPS) is 11.9. The molecule has 0 fully saturated rings. The zero-order valence-electron chi connectivity index (χ0n) is 17.8. The van der Waals surface area contributed by atoms with Crippen LogP contribution in [-0.4, -0.2) is 38.7 Å². The third-order valence-corrected chi connectivity index (χ3v) is 6.66. The van der Waals surface area contributed by atoms with E-state index >= 15 is 0 Å². The van der Waals surface area contributed by atoms with Crippen molar-refractivity contribution in [1.29, 1.82) is 0 Å². The lowest BCUT2D eigenvalue weighted by Crippen LogP contribution is -2.43. The molecule has 8 nitrogen and oxygen atoms in total. The van der Waals surface area contributed by atoms with Crippen LogP contribution in [-0.2, 0) is 37.1 Å². The minimum absolute atomic E-state index is 0.00654. The van der Waals surface area contributed by atoms with Gasteiger partial charge in [0.05, 0.1) is 16.9 Å². The maximum Gasteiger partial charge on any atom is 0.408 e. The van der Waals surface area contributed by atoms with Gasteiger partial charge in [0.2, 0.25) is 9.84 Å². The lowest BCUT2D eigenvalue weighted by Gasteiger charge is -2.18. The second-order valence-electron chi connectivity index (χ2n) is 7.09.